The van der Waals surface area contributed by atoms with E-state index >= 15 is 0 Å². The summed E-state index contributed by atoms with van der Waals surface area (Å²) in [4.78, 5) is 33.4. The zero-order valence-corrected chi connectivity index (χ0v) is 19.0. The van der Waals surface area contributed by atoms with E-state index in [4.69, 9.17) is 9.47 Å². The van der Waals surface area contributed by atoms with Crippen LogP contribution in [0.15, 0.2) is 29.6 Å². The molecule has 172 valence electrons. The largest absolute Gasteiger partial charge is 0.347 e. The molecule has 2 aliphatic rings. The highest BCUT2D eigenvalue weighted by Gasteiger charge is 2.41. The standard InChI is InChI=1S/C22H27FN4O4S/c1-15(2)27(21(29)25-17-6-4-3-5-16(17)23)13-19-24-18(14-32-19)20(28)26-9-7-22(8-10-26)30-11-12-31-22/h3-6,14-15H,7-13H2,1-2H3,(H,25,29). The number of rotatable bonds is 5. The predicted octanol–water partition coefficient (Wildman–Crippen LogP) is 3.70. The second-order valence-corrected chi connectivity index (χ2v) is 9.10. The van der Waals surface area contributed by atoms with Gasteiger partial charge in [0, 0.05) is 37.4 Å². The van der Waals surface area contributed by atoms with Gasteiger partial charge in [0.1, 0.15) is 16.5 Å². The molecule has 32 heavy (non-hydrogen) atoms. The van der Waals surface area contributed by atoms with E-state index in [9.17, 15) is 14.0 Å². The van der Waals surface area contributed by atoms with Crippen molar-refractivity contribution >= 4 is 29.0 Å². The predicted molar refractivity (Wildman–Crippen MR) is 118 cm³/mol. The molecule has 3 amide bonds. The molecular weight excluding hydrogens is 435 g/mol. The van der Waals surface area contributed by atoms with Gasteiger partial charge in [-0.05, 0) is 26.0 Å². The molecule has 1 aromatic heterocycles. The number of piperidine rings is 1. The molecule has 1 aromatic carbocycles. The molecule has 2 aromatic rings. The molecule has 2 saturated heterocycles. The zero-order valence-electron chi connectivity index (χ0n) is 18.2. The third-order valence-electron chi connectivity index (χ3n) is 5.70. The average Bonchev–Trinajstić information content (AvgIpc) is 3.43. The van der Waals surface area contributed by atoms with Crippen LogP contribution >= 0.6 is 11.3 Å². The van der Waals surface area contributed by atoms with E-state index in [2.05, 4.69) is 10.3 Å². The number of nitrogens with zero attached hydrogens (tertiary/aromatic N) is 3. The van der Waals surface area contributed by atoms with E-state index in [0.717, 1.165) is 0 Å². The Morgan fingerprint density at radius 1 is 1.25 bits per heavy atom. The SMILES string of the molecule is CC(C)N(Cc1nc(C(=O)N2CCC3(CC2)OCCO3)cs1)C(=O)Nc1ccccc1F. The van der Waals surface area contributed by atoms with Crippen LogP contribution in [0.2, 0.25) is 0 Å². The van der Waals surface area contributed by atoms with Gasteiger partial charge in [-0.15, -0.1) is 11.3 Å². The summed E-state index contributed by atoms with van der Waals surface area (Å²) >= 11 is 1.33. The van der Waals surface area contributed by atoms with Crippen molar-refractivity contribution in [1.82, 2.24) is 14.8 Å². The molecule has 10 heteroatoms. The van der Waals surface area contributed by atoms with Crippen LogP contribution in [-0.4, -0.2) is 64.9 Å². The number of urea groups is 1. The number of carbonyl (C=O) groups excluding carboxylic acids is 2. The fourth-order valence-corrected chi connectivity index (χ4v) is 4.63. The van der Waals surface area contributed by atoms with Gasteiger partial charge in [-0.3, -0.25) is 4.79 Å². The Kier molecular flexibility index (Phi) is 6.73. The molecule has 0 radical (unpaired) electrons. The first kappa shape index (κ1) is 22.6. The van der Waals surface area contributed by atoms with Crippen molar-refractivity contribution < 1.29 is 23.5 Å². The first-order chi connectivity index (χ1) is 15.4. The van der Waals surface area contributed by atoms with E-state index in [0.29, 0.717) is 49.8 Å². The van der Waals surface area contributed by atoms with Crippen molar-refractivity contribution in [3.05, 3.63) is 46.2 Å². The Balaban J connectivity index is 1.38. The van der Waals surface area contributed by atoms with Crippen molar-refractivity contribution in [1.29, 1.82) is 0 Å². The summed E-state index contributed by atoms with van der Waals surface area (Å²) in [6.45, 7) is 6.26. The molecular formula is C22H27FN4O4S. The van der Waals surface area contributed by atoms with Crippen LogP contribution in [0.3, 0.4) is 0 Å². The first-order valence-electron chi connectivity index (χ1n) is 10.7. The monoisotopic (exact) mass is 462 g/mol. The highest BCUT2D eigenvalue weighted by molar-refractivity contribution is 7.09. The molecule has 8 nitrogen and oxygen atoms in total. The minimum atomic E-state index is -0.534. The van der Waals surface area contributed by atoms with E-state index in [1.807, 2.05) is 13.8 Å². The van der Waals surface area contributed by atoms with Crippen LogP contribution < -0.4 is 5.32 Å². The van der Waals surface area contributed by atoms with Crippen LogP contribution in [0.4, 0.5) is 14.9 Å². The summed E-state index contributed by atoms with van der Waals surface area (Å²) in [5, 5.41) is 4.97. The lowest BCUT2D eigenvalue weighted by Crippen LogP contribution is -2.47. The number of para-hydroxylation sites is 1. The molecule has 0 unspecified atom stereocenters. The van der Waals surface area contributed by atoms with E-state index in [1.54, 1.807) is 27.3 Å². The number of benzene rings is 1. The highest BCUT2D eigenvalue weighted by atomic mass is 32.1. The second kappa shape index (κ2) is 9.51. The Morgan fingerprint density at radius 3 is 2.59 bits per heavy atom. The highest BCUT2D eigenvalue weighted by Crippen LogP contribution is 2.32. The van der Waals surface area contributed by atoms with Crippen LogP contribution in [0.5, 0.6) is 0 Å². The summed E-state index contributed by atoms with van der Waals surface area (Å²) < 4.78 is 25.3. The average molecular weight is 463 g/mol. The van der Waals surface area contributed by atoms with Gasteiger partial charge in [-0.1, -0.05) is 12.1 Å². The van der Waals surface area contributed by atoms with Gasteiger partial charge < -0.3 is 24.6 Å². The third kappa shape index (κ3) is 4.92. The van der Waals surface area contributed by atoms with Crippen molar-refractivity contribution in [2.75, 3.05) is 31.6 Å². The number of aromatic nitrogens is 1. The molecule has 2 aliphatic heterocycles. The number of likely N-dealkylation sites (tertiary alicyclic amines) is 1. The maximum Gasteiger partial charge on any atom is 0.322 e. The number of anilines is 1. The fraction of sp³-hybridized carbons (Fsp3) is 0.500. The van der Waals surface area contributed by atoms with Gasteiger partial charge in [-0.25, -0.2) is 14.2 Å². The summed E-state index contributed by atoms with van der Waals surface area (Å²) in [5.74, 6) is -1.16. The van der Waals surface area contributed by atoms with Gasteiger partial charge >= 0.3 is 6.03 Å². The maximum absolute atomic E-state index is 13.9. The number of ether oxygens (including phenoxy) is 2. The normalized spacial score (nSPS) is 17.7. The number of halogens is 1. The number of nitrogens with one attached hydrogen (secondary N) is 1. The topological polar surface area (TPSA) is 84.0 Å². The number of hydrogen-bond acceptors (Lipinski definition) is 6. The summed E-state index contributed by atoms with van der Waals surface area (Å²) in [6, 6.07) is 5.46. The van der Waals surface area contributed by atoms with E-state index < -0.39 is 17.6 Å². The Labute approximate surface area is 190 Å². The first-order valence-corrected chi connectivity index (χ1v) is 11.6. The molecule has 4 rings (SSSR count). The maximum atomic E-state index is 13.9. The number of hydrogen-bond donors (Lipinski definition) is 1. The van der Waals surface area contributed by atoms with Gasteiger partial charge in [-0.2, -0.15) is 0 Å². The minimum Gasteiger partial charge on any atom is -0.347 e. The fourth-order valence-electron chi connectivity index (χ4n) is 3.86. The second-order valence-electron chi connectivity index (χ2n) is 8.16. The van der Waals surface area contributed by atoms with Crippen LogP contribution in [0.1, 0.15) is 42.2 Å². The molecule has 0 bridgehead atoms. The smallest absolute Gasteiger partial charge is 0.322 e. The van der Waals surface area contributed by atoms with Crippen LogP contribution in [-0.2, 0) is 16.0 Å². The van der Waals surface area contributed by atoms with Gasteiger partial charge in [0.25, 0.3) is 5.91 Å². The summed E-state index contributed by atoms with van der Waals surface area (Å²) in [6.07, 6.45) is 1.29. The lowest BCUT2D eigenvalue weighted by atomic mass is 10.0. The number of amides is 3. The van der Waals surface area contributed by atoms with Crippen LogP contribution in [0.25, 0.3) is 0 Å². The van der Waals surface area contributed by atoms with E-state index in [-0.39, 0.29) is 24.2 Å². The Hall–Kier alpha value is -2.56. The van der Waals surface area contributed by atoms with Gasteiger partial charge in [0.2, 0.25) is 0 Å². The summed E-state index contributed by atoms with van der Waals surface area (Å²) in [5.41, 5.74) is 0.490. The van der Waals surface area contributed by atoms with E-state index in [1.165, 1.54) is 23.5 Å². The Morgan fingerprint density at radius 2 is 1.94 bits per heavy atom. The molecule has 0 saturated carbocycles. The molecule has 2 fully saturated rings. The van der Waals surface area contributed by atoms with Gasteiger partial charge in [0.15, 0.2) is 5.79 Å². The third-order valence-corrected chi connectivity index (χ3v) is 6.54. The molecule has 1 spiro atoms. The number of carbonyl (C=O) groups is 2. The van der Waals surface area contributed by atoms with Crippen molar-refractivity contribution in [3.63, 3.8) is 0 Å². The lowest BCUT2D eigenvalue weighted by molar-refractivity contribution is -0.181. The van der Waals surface area contributed by atoms with Crippen molar-refractivity contribution in [2.45, 2.75) is 45.1 Å². The zero-order chi connectivity index (χ0) is 22.7. The summed E-state index contributed by atoms with van der Waals surface area (Å²) in [7, 11) is 0. The molecule has 1 N–H and O–H groups in total. The minimum absolute atomic E-state index is 0.122. The molecule has 0 aliphatic carbocycles. The van der Waals surface area contributed by atoms with Crippen molar-refractivity contribution in [2.24, 2.45) is 0 Å². The number of thiazole rings is 1. The van der Waals surface area contributed by atoms with Crippen LogP contribution in [0, 0.1) is 5.82 Å². The quantitative estimate of drug-likeness (QED) is 0.733. The van der Waals surface area contributed by atoms with Crippen molar-refractivity contribution in [3.8, 4) is 0 Å². The molecule has 3 heterocycles. The lowest BCUT2D eigenvalue weighted by Gasteiger charge is -2.37. The molecule has 0 atom stereocenters. The Bertz CT molecular complexity index is 966. The van der Waals surface area contributed by atoms with Gasteiger partial charge in [0.05, 0.1) is 25.4 Å².